The van der Waals surface area contributed by atoms with Crippen LogP contribution in [0.1, 0.15) is 5.01 Å². The summed E-state index contributed by atoms with van der Waals surface area (Å²) in [6.45, 7) is 3.08. The maximum absolute atomic E-state index is 12.2. The Morgan fingerprint density at radius 2 is 2.12 bits per heavy atom. The van der Waals surface area contributed by atoms with E-state index in [0.717, 1.165) is 16.6 Å². The molecule has 3 aromatic rings. The van der Waals surface area contributed by atoms with E-state index in [0.29, 0.717) is 18.2 Å². The average Bonchev–Trinajstić information content (AvgIpc) is 3.18. The Morgan fingerprint density at radius 3 is 2.83 bits per heavy atom. The minimum Gasteiger partial charge on any atom is -0.355 e. The van der Waals surface area contributed by atoms with E-state index in [2.05, 4.69) is 30.5 Å². The Balaban J connectivity index is 1.39. The number of hydrogen-bond donors (Lipinski definition) is 1. The van der Waals surface area contributed by atoms with Gasteiger partial charge in [0.05, 0.1) is 5.92 Å². The molecule has 0 unspecified atom stereocenters. The molecule has 0 atom stereocenters. The second-order valence-electron chi connectivity index (χ2n) is 5.42. The molecule has 1 aliphatic rings. The van der Waals surface area contributed by atoms with Gasteiger partial charge in [-0.25, -0.2) is 15.0 Å². The number of carbonyl (C=O) groups is 1. The van der Waals surface area contributed by atoms with Crippen LogP contribution in [-0.2, 0) is 4.79 Å². The third-order valence-electron chi connectivity index (χ3n) is 3.74. The number of amides is 1. The lowest BCUT2D eigenvalue weighted by atomic mass is 9.99. The molecule has 0 saturated carbocycles. The smallest absolute Gasteiger partial charge is 0.232 e. The summed E-state index contributed by atoms with van der Waals surface area (Å²) in [6, 6.07) is 1.88. The van der Waals surface area contributed by atoms with Gasteiger partial charge in [0, 0.05) is 31.5 Å². The number of aromatic nitrogens is 6. The number of rotatable bonds is 4. The van der Waals surface area contributed by atoms with Gasteiger partial charge in [0.2, 0.25) is 11.0 Å². The van der Waals surface area contributed by atoms with Gasteiger partial charge in [-0.15, -0.1) is 10.2 Å². The average molecular weight is 342 g/mol. The second kappa shape index (κ2) is 5.96. The number of imidazole rings is 1. The van der Waals surface area contributed by atoms with Crippen molar-refractivity contribution in [2.45, 2.75) is 6.92 Å². The van der Waals surface area contributed by atoms with Gasteiger partial charge in [0.25, 0.3) is 0 Å². The highest BCUT2D eigenvalue weighted by atomic mass is 32.1. The zero-order valence-electron chi connectivity index (χ0n) is 12.8. The summed E-state index contributed by atoms with van der Waals surface area (Å²) in [6.07, 6.45) is 6.72. The monoisotopic (exact) mass is 342 g/mol. The molecule has 0 aliphatic carbocycles. The van der Waals surface area contributed by atoms with Gasteiger partial charge in [-0.2, -0.15) is 0 Å². The molecule has 1 saturated heterocycles. The molecule has 10 heteroatoms. The largest absolute Gasteiger partial charge is 0.355 e. The first kappa shape index (κ1) is 14.7. The Morgan fingerprint density at radius 1 is 1.29 bits per heavy atom. The molecule has 1 aliphatic heterocycles. The van der Waals surface area contributed by atoms with Gasteiger partial charge in [0.15, 0.2) is 0 Å². The molecular weight excluding hydrogens is 328 g/mol. The quantitative estimate of drug-likeness (QED) is 0.751. The van der Waals surface area contributed by atoms with Gasteiger partial charge in [0.1, 0.15) is 29.3 Å². The Bertz CT molecular complexity index is 855. The lowest BCUT2D eigenvalue weighted by molar-refractivity contribution is -0.120. The van der Waals surface area contributed by atoms with E-state index in [1.165, 1.54) is 17.7 Å². The van der Waals surface area contributed by atoms with Crippen molar-refractivity contribution in [3.63, 3.8) is 0 Å². The molecule has 24 heavy (non-hydrogen) atoms. The van der Waals surface area contributed by atoms with Crippen LogP contribution >= 0.6 is 11.3 Å². The molecular formula is C14H14N8OS. The van der Waals surface area contributed by atoms with Crippen LogP contribution in [0.2, 0.25) is 0 Å². The third-order valence-corrected chi connectivity index (χ3v) is 4.49. The molecule has 1 fully saturated rings. The first-order valence-electron chi connectivity index (χ1n) is 7.35. The molecule has 4 rings (SSSR count). The summed E-state index contributed by atoms with van der Waals surface area (Å²) < 4.78 is 1.81. The molecule has 1 N–H and O–H groups in total. The summed E-state index contributed by atoms with van der Waals surface area (Å²) >= 11 is 1.37. The maximum Gasteiger partial charge on any atom is 0.232 e. The summed E-state index contributed by atoms with van der Waals surface area (Å²) in [5, 5.41) is 12.0. The van der Waals surface area contributed by atoms with Crippen molar-refractivity contribution in [1.82, 2.24) is 29.7 Å². The molecule has 0 radical (unpaired) electrons. The van der Waals surface area contributed by atoms with Crippen LogP contribution in [0.15, 0.2) is 31.1 Å². The number of nitrogens with one attached hydrogen (secondary N) is 1. The molecule has 122 valence electrons. The summed E-state index contributed by atoms with van der Waals surface area (Å²) in [5.74, 6) is 1.42. The van der Waals surface area contributed by atoms with Crippen LogP contribution in [0, 0.1) is 12.8 Å². The van der Waals surface area contributed by atoms with Crippen molar-refractivity contribution in [3.05, 3.63) is 36.1 Å². The van der Waals surface area contributed by atoms with Crippen molar-refractivity contribution in [2.75, 3.05) is 23.3 Å². The number of carbonyl (C=O) groups excluding carboxylic acids is 1. The zero-order chi connectivity index (χ0) is 16.5. The van der Waals surface area contributed by atoms with Gasteiger partial charge >= 0.3 is 0 Å². The van der Waals surface area contributed by atoms with E-state index in [1.54, 1.807) is 12.5 Å². The zero-order valence-corrected chi connectivity index (χ0v) is 13.6. The van der Waals surface area contributed by atoms with E-state index >= 15 is 0 Å². The number of anilines is 2. The fraction of sp³-hybridized carbons (Fsp3) is 0.286. The normalized spacial score (nSPS) is 14.5. The standard InChI is InChI=1S/C14H14N8OS/c1-9-19-20-14(24-9)18-13(23)10-5-22(6-10)12-4-11(16-7-17-12)21-3-2-15-8-21/h2-4,7-8,10H,5-6H2,1H3,(H,18,20,23). The lowest BCUT2D eigenvalue weighted by Crippen LogP contribution is -2.52. The first-order valence-corrected chi connectivity index (χ1v) is 8.17. The van der Waals surface area contributed by atoms with E-state index < -0.39 is 0 Å². The highest BCUT2D eigenvalue weighted by molar-refractivity contribution is 7.15. The highest BCUT2D eigenvalue weighted by Gasteiger charge is 2.34. The third kappa shape index (κ3) is 2.83. The summed E-state index contributed by atoms with van der Waals surface area (Å²) in [4.78, 5) is 26.7. The van der Waals surface area contributed by atoms with Crippen molar-refractivity contribution < 1.29 is 4.79 Å². The molecule has 4 heterocycles. The van der Waals surface area contributed by atoms with Crippen LogP contribution in [0.5, 0.6) is 0 Å². The Kier molecular flexibility index (Phi) is 3.65. The van der Waals surface area contributed by atoms with Crippen LogP contribution in [0.4, 0.5) is 10.9 Å². The van der Waals surface area contributed by atoms with Crippen molar-refractivity contribution in [1.29, 1.82) is 0 Å². The van der Waals surface area contributed by atoms with Crippen LogP contribution in [0.25, 0.3) is 5.82 Å². The summed E-state index contributed by atoms with van der Waals surface area (Å²) in [7, 11) is 0. The topological polar surface area (TPSA) is 102 Å². The van der Waals surface area contributed by atoms with Gasteiger partial charge in [-0.3, -0.25) is 9.36 Å². The van der Waals surface area contributed by atoms with Crippen LogP contribution in [0.3, 0.4) is 0 Å². The molecule has 0 bridgehead atoms. The van der Waals surface area contributed by atoms with E-state index in [1.807, 2.05) is 28.7 Å². The number of aryl methyl sites for hydroxylation is 1. The van der Waals surface area contributed by atoms with E-state index in [-0.39, 0.29) is 11.8 Å². The fourth-order valence-electron chi connectivity index (χ4n) is 2.43. The predicted molar refractivity (Wildman–Crippen MR) is 88.1 cm³/mol. The van der Waals surface area contributed by atoms with Crippen LogP contribution < -0.4 is 10.2 Å². The number of hydrogen-bond acceptors (Lipinski definition) is 8. The van der Waals surface area contributed by atoms with Gasteiger partial charge < -0.3 is 10.2 Å². The molecule has 0 aromatic carbocycles. The second-order valence-corrected chi connectivity index (χ2v) is 6.60. The van der Waals surface area contributed by atoms with Gasteiger partial charge in [-0.05, 0) is 6.92 Å². The van der Waals surface area contributed by atoms with Crippen molar-refractivity contribution >= 4 is 28.2 Å². The molecule has 0 spiro atoms. The lowest BCUT2D eigenvalue weighted by Gasteiger charge is -2.38. The first-order chi connectivity index (χ1) is 11.7. The van der Waals surface area contributed by atoms with E-state index in [4.69, 9.17) is 0 Å². The molecule has 1 amide bonds. The molecule has 9 nitrogen and oxygen atoms in total. The minimum absolute atomic E-state index is 0.0358. The fourth-order valence-corrected chi connectivity index (χ4v) is 3.03. The minimum atomic E-state index is -0.0825. The van der Waals surface area contributed by atoms with E-state index in [9.17, 15) is 4.79 Å². The SMILES string of the molecule is Cc1nnc(NC(=O)C2CN(c3cc(-n4ccnc4)ncn3)C2)s1. The van der Waals surface area contributed by atoms with Crippen molar-refractivity contribution in [3.8, 4) is 5.82 Å². The van der Waals surface area contributed by atoms with Crippen molar-refractivity contribution in [2.24, 2.45) is 5.92 Å². The Hall–Kier alpha value is -2.88. The maximum atomic E-state index is 12.2. The van der Waals surface area contributed by atoms with Crippen LogP contribution in [-0.4, -0.2) is 48.7 Å². The highest BCUT2D eigenvalue weighted by Crippen LogP contribution is 2.25. The molecule has 3 aromatic heterocycles. The summed E-state index contributed by atoms with van der Waals surface area (Å²) in [5.41, 5.74) is 0. The number of nitrogens with zero attached hydrogens (tertiary/aromatic N) is 7. The Labute approximate surface area is 141 Å². The van der Waals surface area contributed by atoms with Gasteiger partial charge in [-0.1, -0.05) is 11.3 Å². The predicted octanol–water partition coefficient (Wildman–Crippen LogP) is 0.897.